The molecule has 1 aromatic rings. The third-order valence-electron chi connectivity index (χ3n) is 2.16. The first-order valence-electron chi connectivity index (χ1n) is 4.17. The van der Waals surface area contributed by atoms with Gasteiger partial charge in [0.05, 0.1) is 6.54 Å². The minimum absolute atomic E-state index is 0.794. The first kappa shape index (κ1) is 6.65. The molecular weight excluding hydrogens is 164 g/mol. The third kappa shape index (κ3) is 0.853. The number of aromatic nitrogens is 1. The molecule has 3 heterocycles. The summed E-state index contributed by atoms with van der Waals surface area (Å²) in [4.78, 5) is 8.42. The standard InChI is InChI=1S/C9H8N4/c1-3-8-9(10-4-1)11-7-12-5-2-6-13(8)12/h1-5,7H,6H2. The van der Waals surface area contributed by atoms with Gasteiger partial charge in [-0.25, -0.2) is 15.0 Å². The van der Waals surface area contributed by atoms with Gasteiger partial charge < -0.3 is 0 Å². The summed E-state index contributed by atoms with van der Waals surface area (Å²) < 4.78 is 0. The monoisotopic (exact) mass is 172 g/mol. The summed E-state index contributed by atoms with van der Waals surface area (Å²) in [7, 11) is 0. The van der Waals surface area contributed by atoms with Crippen molar-refractivity contribution in [1.82, 2.24) is 9.99 Å². The van der Waals surface area contributed by atoms with Gasteiger partial charge in [-0.2, -0.15) is 0 Å². The molecule has 0 aromatic carbocycles. The van der Waals surface area contributed by atoms with Crippen LogP contribution in [0.1, 0.15) is 0 Å². The molecular formula is C9H8N4. The molecule has 4 heteroatoms. The lowest BCUT2D eigenvalue weighted by atomic mass is 10.3. The zero-order valence-corrected chi connectivity index (χ0v) is 6.96. The van der Waals surface area contributed by atoms with Crippen molar-refractivity contribution in [3.05, 3.63) is 30.6 Å². The van der Waals surface area contributed by atoms with Crippen LogP contribution < -0.4 is 5.01 Å². The molecule has 0 radical (unpaired) electrons. The highest BCUT2D eigenvalue weighted by atomic mass is 15.6. The van der Waals surface area contributed by atoms with Gasteiger partial charge in [0.2, 0.25) is 0 Å². The predicted octanol–water partition coefficient (Wildman–Crippen LogP) is 1.31. The van der Waals surface area contributed by atoms with Crippen molar-refractivity contribution in [1.29, 1.82) is 0 Å². The van der Waals surface area contributed by atoms with Gasteiger partial charge in [0, 0.05) is 12.4 Å². The van der Waals surface area contributed by atoms with Gasteiger partial charge in [-0.3, -0.25) is 5.01 Å². The van der Waals surface area contributed by atoms with Crippen LogP contribution >= 0.6 is 0 Å². The molecule has 0 N–H and O–H groups in total. The van der Waals surface area contributed by atoms with Crippen LogP contribution in [0, 0.1) is 0 Å². The number of rotatable bonds is 0. The number of fused-ring (bicyclic) bond motifs is 3. The third-order valence-corrected chi connectivity index (χ3v) is 2.16. The smallest absolute Gasteiger partial charge is 0.179 e. The Labute approximate surface area is 75.8 Å². The molecule has 0 fully saturated rings. The lowest BCUT2D eigenvalue weighted by Crippen LogP contribution is -2.36. The second kappa shape index (κ2) is 2.32. The summed E-state index contributed by atoms with van der Waals surface area (Å²) in [6, 6.07) is 3.95. The number of hydrazine groups is 1. The molecule has 1 aromatic heterocycles. The fourth-order valence-electron chi connectivity index (χ4n) is 1.56. The molecule has 4 nitrogen and oxygen atoms in total. The van der Waals surface area contributed by atoms with E-state index in [1.54, 1.807) is 12.5 Å². The summed E-state index contributed by atoms with van der Waals surface area (Å²) in [5, 5.41) is 4.08. The molecule has 0 bridgehead atoms. The molecule has 3 rings (SSSR count). The fourth-order valence-corrected chi connectivity index (χ4v) is 1.56. The van der Waals surface area contributed by atoms with E-state index in [-0.39, 0.29) is 0 Å². The van der Waals surface area contributed by atoms with Crippen molar-refractivity contribution >= 4 is 17.8 Å². The van der Waals surface area contributed by atoms with Crippen LogP contribution in [0.3, 0.4) is 0 Å². The number of anilines is 1. The fraction of sp³-hybridized carbons (Fsp3) is 0.111. The first-order chi connectivity index (χ1) is 6.45. The quantitative estimate of drug-likeness (QED) is 0.591. The van der Waals surface area contributed by atoms with Crippen LogP contribution in [-0.4, -0.2) is 22.9 Å². The van der Waals surface area contributed by atoms with Crippen molar-refractivity contribution in [3.63, 3.8) is 0 Å². The van der Waals surface area contributed by atoms with E-state index < -0.39 is 0 Å². The van der Waals surface area contributed by atoms with E-state index in [0.717, 1.165) is 18.1 Å². The Hall–Kier alpha value is -1.84. The van der Waals surface area contributed by atoms with Crippen LogP contribution in [0.4, 0.5) is 11.5 Å². The first-order valence-corrected chi connectivity index (χ1v) is 4.17. The number of nitrogens with zero attached hydrogens (tertiary/aromatic N) is 4. The molecule has 0 aliphatic carbocycles. The van der Waals surface area contributed by atoms with E-state index >= 15 is 0 Å². The van der Waals surface area contributed by atoms with Crippen molar-refractivity contribution < 1.29 is 0 Å². The van der Waals surface area contributed by atoms with Gasteiger partial charge >= 0.3 is 0 Å². The van der Waals surface area contributed by atoms with Crippen LogP contribution in [0.2, 0.25) is 0 Å². The summed E-state index contributed by atoms with van der Waals surface area (Å²) in [5.41, 5.74) is 1.06. The minimum Gasteiger partial charge on any atom is -0.273 e. The van der Waals surface area contributed by atoms with E-state index in [4.69, 9.17) is 0 Å². The molecule has 0 unspecified atom stereocenters. The van der Waals surface area contributed by atoms with Crippen LogP contribution in [0.5, 0.6) is 0 Å². The zero-order chi connectivity index (χ0) is 8.67. The van der Waals surface area contributed by atoms with E-state index in [1.165, 1.54) is 0 Å². The number of pyridine rings is 1. The summed E-state index contributed by atoms with van der Waals surface area (Å²) in [5.74, 6) is 0.794. The van der Waals surface area contributed by atoms with Crippen molar-refractivity contribution in [2.45, 2.75) is 0 Å². The van der Waals surface area contributed by atoms with Gasteiger partial charge in [0.1, 0.15) is 12.0 Å². The van der Waals surface area contributed by atoms with Crippen molar-refractivity contribution in [2.24, 2.45) is 4.99 Å². The Morgan fingerprint density at radius 3 is 3.38 bits per heavy atom. The van der Waals surface area contributed by atoms with Gasteiger partial charge in [-0.05, 0) is 18.2 Å². The number of aliphatic imine (C=N–C) groups is 1. The largest absolute Gasteiger partial charge is 0.273 e. The lowest BCUT2D eigenvalue weighted by molar-refractivity contribution is 0.560. The van der Waals surface area contributed by atoms with Gasteiger partial charge in [0.25, 0.3) is 0 Å². The molecule has 2 aliphatic rings. The SMILES string of the molecule is C1=CN2C=Nc3ncccc3N2C1. The molecule has 0 atom stereocenters. The molecule has 0 saturated heterocycles. The Morgan fingerprint density at radius 1 is 1.38 bits per heavy atom. The van der Waals surface area contributed by atoms with Crippen molar-refractivity contribution in [3.8, 4) is 0 Å². The molecule has 0 amide bonds. The molecule has 0 saturated carbocycles. The van der Waals surface area contributed by atoms with Gasteiger partial charge in [-0.15, -0.1) is 0 Å². The van der Waals surface area contributed by atoms with Crippen molar-refractivity contribution in [2.75, 3.05) is 11.6 Å². The van der Waals surface area contributed by atoms with Gasteiger partial charge in [-0.1, -0.05) is 0 Å². The topological polar surface area (TPSA) is 31.7 Å². The maximum absolute atomic E-state index is 4.23. The average molecular weight is 172 g/mol. The number of hydrogen-bond acceptors (Lipinski definition) is 4. The summed E-state index contributed by atoms with van der Waals surface area (Å²) in [6.07, 6.45) is 7.63. The summed E-state index contributed by atoms with van der Waals surface area (Å²) >= 11 is 0. The van der Waals surface area contributed by atoms with E-state index in [2.05, 4.69) is 21.1 Å². The van der Waals surface area contributed by atoms with Gasteiger partial charge in [0.15, 0.2) is 5.82 Å². The van der Waals surface area contributed by atoms with Crippen LogP contribution in [-0.2, 0) is 0 Å². The molecule has 13 heavy (non-hydrogen) atoms. The second-order valence-corrected chi connectivity index (χ2v) is 2.94. The van der Waals surface area contributed by atoms with E-state index in [0.29, 0.717) is 0 Å². The predicted molar refractivity (Wildman–Crippen MR) is 50.7 cm³/mol. The maximum Gasteiger partial charge on any atom is 0.179 e. The second-order valence-electron chi connectivity index (χ2n) is 2.94. The summed E-state index contributed by atoms with van der Waals surface area (Å²) in [6.45, 7) is 0.894. The minimum atomic E-state index is 0.794. The molecule has 64 valence electrons. The molecule has 0 spiro atoms. The maximum atomic E-state index is 4.23. The Bertz CT molecular complexity index is 396. The lowest BCUT2D eigenvalue weighted by Gasteiger charge is -2.30. The Kier molecular flexibility index (Phi) is 1.19. The van der Waals surface area contributed by atoms with Crippen LogP contribution in [0.15, 0.2) is 35.6 Å². The normalized spacial score (nSPS) is 17.5. The zero-order valence-electron chi connectivity index (χ0n) is 6.96. The number of hydrogen-bond donors (Lipinski definition) is 0. The van der Waals surface area contributed by atoms with Crippen LogP contribution in [0.25, 0.3) is 0 Å². The Balaban J connectivity index is 2.15. The highest BCUT2D eigenvalue weighted by Crippen LogP contribution is 2.31. The van der Waals surface area contributed by atoms with E-state index in [1.807, 2.05) is 23.3 Å². The van der Waals surface area contributed by atoms with E-state index in [9.17, 15) is 0 Å². The highest BCUT2D eigenvalue weighted by Gasteiger charge is 2.21. The average Bonchev–Trinajstić information content (AvgIpc) is 2.65. The Morgan fingerprint density at radius 2 is 2.38 bits per heavy atom. The highest BCUT2D eigenvalue weighted by molar-refractivity contribution is 5.77. The molecule has 2 aliphatic heterocycles.